The molecule has 1 amide bonds. The molecule has 0 aliphatic rings. The molecule has 0 radical (unpaired) electrons. The van der Waals surface area contributed by atoms with E-state index < -0.39 is 20.0 Å². The van der Waals surface area contributed by atoms with Crippen molar-refractivity contribution in [3.05, 3.63) is 72.9 Å². The molecule has 82 heavy (non-hydrogen) atoms. The summed E-state index contributed by atoms with van der Waals surface area (Å²) in [6.45, 7) is 6.93. The fraction of sp³-hybridized carbons (Fsp3) is 0.806. The summed E-state index contributed by atoms with van der Waals surface area (Å²) in [6, 6.07) is -0.850. The van der Waals surface area contributed by atoms with Gasteiger partial charge in [-0.05, 0) is 76.7 Å². The highest BCUT2D eigenvalue weighted by Crippen LogP contribution is 2.43. The Morgan fingerprint density at radius 3 is 1.17 bits per heavy atom. The molecule has 0 heterocycles. The number of carbonyl (C=O) groups is 2. The van der Waals surface area contributed by atoms with E-state index in [1.807, 2.05) is 33.3 Å². The zero-order valence-corrected chi connectivity index (χ0v) is 55.6. The minimum atomic E-state index is -4.45. The van der Waals surface area contributed by atoms with E-state index in [9.17, 15) is 19.0 Å². The summed E-state index contributed by atoms with van der Waals surface area (Å²) in [5.74, 6) is -0.497. The number of rotatable bonds is 63. The first kappa shape index (κ1) is 79.5. The van der Waals surface area contributed by atoms with Gasteiger partial charge < -0.3 is 19.4 Å². The molecule has 478 valence electrons. The van der Waals surface area contributed by atoms with Crippen LogP contribution in [0.5, 0.6) is 0 Å². The van der Waals surface area contributed by atoms with Crippen molar-refractivity contribution in [3.63, 3.8) is 0 Å². The number of hydrogen-bond acceptors (Lipinski definition) is 6. The lowest BCUT2D eigenvalue weighted by molar-refractivity contribution is -0.870. The smallest absolute Gasteiger partial charge is 0.456 e. The van der Waals surface area contributed by atoms with E-state index in [0.29, 0.717) is 23.9 Å². The fourth-order valence-corrected chi connectivity index (χ4v) is 10.8. The zero-order chi connectivity index (χ0) is 60.0. The minimum Gasteiger partial charge on any atom is -0.456 e. The highest BCUT2D eigenvalue weighted by Gasteiger charge is 2.30. The van der Waals surface area contributed by atoms with Crippen molar-refractivity contribution in [3.8, 4) is 0 Å². The van der Waals surface area contributed by atoms with Crippen LogP contribution in [0, 0.1) is 0 Å². The second-order valence-electron chi connectivity index (χ2n) is 24.7. The molecule has 0 fully saturated rings. The Morgan fingerprint density at radius 1 is 0.439 bits per heavy atom. The van der Waals surface area contributed by atoms with Crippen LogP contribution in [0.2, 0.25) is 0 Å². The maximum Gasteiger partial charge on any atom is 0.472 e. The van der Waals surface area contributed by atoms with Gasteiger partial charge >= 0.3 is 13.8 Å². The molecular weight excluding hydrogens is 1040 g/mol. The highest BCUT2D eigenvalue weighted by atomic mass is 31.2. The quantitative estimate of drug-likeness (QED) is 0.0205. The number of hydrogen-bond donors (Lipinski definition) is 2. The zero-order valence-electron chi connectivity index (χ0n) is 54.7. The van der Waals surface area contributed by atoms with Crippen LogP contribution in [0.3, 0.4) is 0 Å². The van der Waals surface area contributed by atoms with Gasteiger partial charge in [0.25, 0.3) is 0 Å². The van der Waals surface area contributed by atoms with Gasteiger partial charge in [0.2, 0.25) is 5.91 Å². The normalized spacial score (nSPS) is 14.0. The van der Waals surface area contributed by atoms with E-state index in [1.165, 1.54) is 199 Å². The van der Waals surface area contributed by atoms with Crippen molar-refractivity contribution >= 4 is 19.7 Å². The number of unbranched alkanes of at least 4 members (excludes halogenated alkanes) is 37. The first-order valence-corrected chi connectivity index (χ1v) is 36.3. The fourth-order valence-electron chi connectivity index (χ4n) is 10.1. The number of phosphoric acid groups is 1. The van der Waals surface area contributed by atoms with Gasteiger partial charge in [0, 0.05) is 12.8 Å². The third kappa shape index (κ3) is 62.0. The lowest BCUT2D eigenvalue weighted by Gasteiger charge is -2.27. The highest BCUT2D eigenvalue weighted by molar-refractivity contribution is 7.47. The number of allylic oxidation sites excluding steroid dienone is 11. The second-order valence-corrected chi connectivity index (χ2v) is 26.1. The molecule has 0 aromatic carbocycles. The van der Waals surface area contributed by atoms with Gasteiger partial charge in [-0.2, -0.15) is 0 Å². The van der Waals surface area contributed by atoms with Gasteiger partial charge in [-0.1, -0.05) is 306 Å². The largest absolute Gasteiger partial charge is 0.472 e. The van der Waals surface area contributed by atoms with E-state index >= 15 is 0 Å². The molecule has 0 spiro atoms. The van der Waals surface area contributed by atoms with Crippen molar-refractivity contribution in [1.29, 1.82) is 0 Å². The summed E-state index contributed by atoms with van der Waals surface area (Å²) < 4.78 is 30.8. The Kier molecular flexibility index (Phi) is 59.6. The lowest BCUT2D eigenvalue weighted by Crippen LogP contribution is -2.47. The van der Waals surface area contributed by atoms with Crippen LogP contribution in [0.25, 0.3) is 0 Å². The molecule has 3 unspecified atom stereocenters. The van der Waals surface area contributed by atoms with Crippen molar-refractivity contribution in [2.45, 2.75) is 335 Å². The van der Waals surface area contributed by atoms with E-state index in [4.69, 9.17) is 13.8 Å². The Balaban J connectivity index is 5.05. The summed E-state index contributed by atoms with van der Waals surface area (Å²) in [6.07, 6.45) is 80.5. The summed E-state index contributed by atoms with van der Waals surface area (Å²) in [5.41, 5.74) is 0. The van der Waals surface area contributed by atoms with E-state index in [0.717, 1.165) is 89.9 Å². The number of nitrogens with one attached hydrogen (secondary N) is 1. The Morgan fingerprint density at radius 2 is 0.780 bits per heavy atom. The lowest BCUT2D eigenvalue weighted by atomic mass is 10.0. The molecule has 9 nitrogen and oxygen atoms in total. The molecule has 0 aliphatic heterocycles. The number of esters is 1. The minimum absolute atomic E-state index is 0.0395. The average Bonchev–Trinajstić information content (AvgIpc) is 3.47. The van der Waals surface area contributed by atoms with Crippen LogP contribution in [-0.4, -0.2) is 74.3 Å². The van der Waals surface area contributed by atoms with Crippen molar-refractivity contribution in [2.75, 3.05) is 40.9 Å². The van der Waals surface area contributed by atoms with Crippen LogP contribution >= 0.6 is 7.82 Å². The molecule has 10 heteroatoms. The van der Waals surface area contributed by atoms with Crippen LogP contribution in [0.4, 0.5) is 0 Å². The summed E-state index contributed by atoms with van der Waals surface area (Å²) in [4.78, 5) is 37.9. The maximum atomic E-state index is 13.6. The van der Waals surface area contributed by atoms with Gasteiger partial charge in [0.1, 0.15) is 19.3 Å². The molecule has 0 aromatic heterocycles. The number of phosphoric ester groups is 1. The maximum absolute atomic E-state index is 13.6. The molecule has 0 bridgehead atoms. The number of quaternary nitrogens is 1. The average molecular weight is 1170 g/mol. The van der Waals surface area contributed by atoms with Gasteiger partial charge in [-0.3, -0.25) is 18.6 Å². The molecule has 0 saturated heterocycles. The first-order chi connectivity index (χ1) is 39.9. The third-order valence-electron chi connectivity index (χ3n) is 15.4. The molecule has 0 aromatic rings. The number of nitrogens with zero attached hydrogens (tertiary/aromatic N) is 1. The van der Waals surface area contributed by atoms with Crippen LogP contribution < -0.4 is 5.32 Å². The second kappa shape index (κ2) is 61.5. The van der Waals surface area contributed by atoms with Gasteiger partial charge in [-0.15, -0.1) is 0 Å². The number of carbonyl (C=O) groups excluding carboxylic acids is 2. The van der Waals surface area contributed by atoms with Crippen LogP contribution in [0.1, 0.15) is 323 Å². The van der Waals surface area contributed by atoms with Crippen molar-refractivity contribution in [2.24, 2.45) is 0 Å². The van der Waals surface area contributed by atoms with Crippen molar-refractivity contribution in [1.82, 2.24) is 5.32 Å². The standard InChI is InChI=1S/C72H133N2O7P/c1-7-10-13-16-19-22-25-28-30-32-33-34-35-36-37-38-39-40-41-43-44-46-49-52-55-58-61-64-71(75)73-69(68-80-82(77,78)79-67-66-74(4,5)6)70(63-60-57-54-51-48-27-24-21-18-15-12-9-3)81-72(76)65-62-59-56-53-50-47-45-42-31-29-26-23-20-17-14-11-8-2/h10,13,19,22,28,30,33-34,36-37,60,63,69-70H,7-9,11-12,14-18,20-21,23-27,29,31-32,35,38-59,61-62,64-68H2,1-6H3,(H-,73,75,77,78)/p+1/b13-10-,22-19-,30-28-,34-33-,37-36-,63-60-. The molecule has 0 aliphatic carbocycles. The molecule has 0 saturated carbocycles. The SMILES string of the molecule is CC/C=C\C/C=C\C/C=C\C/C=C\C/C=C\CCCCCCCCCCCCCC(=O)NC(COP(=O)(O)OCC[N+](C)(C)C)C(/C=C\CCCCCCCCCCCC)OC(=O)CCCCCCCCCCCCCCCCCCC. The number of amides is 1. The first-order valence-electron chi connectivity index (χ1n) is 34.8. The Hall–Kier alpha value is -2.55. The summed E-state index contributed by atoms with van der Waals surface area (Å²) in [7, 11) is 1.50. The van der Waals surface area contributed by atoms with E-state index in [2.05, 4.69) is 86.8 Å². The van der Waals surface area contributed by atoms with Gasteiger partial charge in [-0.25, -0.2) is 4.57 Å². The molecule has 3 atom stereocenters. The summed E-state index contributed by atoms with van der Waals surface area (Å²) >= 11 is 0. The van der Waals surface area contributed by atoms with Gasteiger partial charge in [0.05, 0.1) is 33.8 Å². The predicted octanol–water partition coefficient (Wildman–Crippen LogP) is 22.0. The number of ether oxygens (including phenoxy) is 1. The topological polar surface area (TPSA) is 111 Å². The Labute approximate surface area is 508 Å². The monoisotopic (exact) mass is 1170 g/mol. The van der Waals surface area contributed by atoms with Crippen LogP contribution in [0.15, 0.2) is 72.9 Å². The molecular formula is C72H134N2O7P+. The molecule has 2 N–H and O–H groups in total. The van der Waals surface area contributed by atoms with Crippen molar-refractivity contribution < 1.29 is 37.3 Å². The number of likely N-dealkylation sites (N-methyl/N-ethyl adjacent to an activating group) is 1. The van der Waals surface area contributed by atoms with E-state index in [-0.39, 0.29) is 25.1 Å². The van der Waals surface area contributed by atoms with E-state index in [1.54, 1.807) is 0 Å². The van der Waals surface area contributed by atoms with Crippen LogP contribution in [-0.2, 0) is 27.9 Å². The third-order valence-corrected chi connectivity index (χ3v) is 16.4. The van der Waals surface area contributed by atoms with Gasteiger partial charge in [0.15, 0.2) is 0 Å². The summed E-state index contributed by atoms with van der Waals surface area (Å²) in [5, 5.41) is 3.07. The molecule has 0 rings (SSSR count). The Bertz CT molecular complexity index is 1630. The predicted molar refractivity (Wildman–Crippen MR) is 355 cm³/mol.